The number of rotatable bonds is 3. The van der Waals surface area contributed by atoms with E-state index in [1.54, 1.807) is 19.1 Å². The summed E-state index contributed by atoms with van der Waals surface area (Å²) in [4.78, 5) is 25.5. The van der Waals surface area contributed by atoms with Gasteiger partial charge in [0, 0.05) is 6.54 Å². The van der Waals surface area contributed by atoms with Gasteiger partial charge >= 0.3 is 5.97 Å². The number of aliphatic carboxylic acids is 1. The first-order valence-corrected chi connectivity index (χ1v) is 6.79. The van der Waals surface area contributed by atoms with Gasteiger partial charge in [-0.1, -0.05) is 31.2 Å². The summed E-state index contributed by atoms with van der Waals surface area (Å²) >= 11 is 0. The van der Waals surface area contributed by atoms with Crippen LogP contribution in [0.3, 0.4) is 0 Å². The van der Waals surface area contributed by atoms with Gasteiger partial charge in [0.15, 0.2) is 6.04 Å². The van der Waals surface area contributed by atoms with Crippen molar-refractivity contribution < 1.29 is 14.7 Å². The maximum absolute atomic E-state index is 12.5. The van der Waals surface area contributed by atoms with Crippen molar-refractivity contribution in [3.63, 3.8) is 0 Å². The fourth-order valence-electron chi connectivity index (χ4n) is 2.53. The highest BCUT2D eigenvalue weighted by Gasteiger charge is 2.40. The van der Waals surface area contributed by atoms with E-state index in [0.29, 0.717) is 24.9 Å². The molecule has 20 heavy (non-hydrogen) atoms. The second kappa shape index (κ2) is 5.25. The number of carbonyl (C=O) groups excluding carboxylic acids is 1. The van der Waals surface area contributed by atoms with E-state index < -0.39 is 17.6 Å². The molecule has 0 saturated carbocycles. The number of hydrogen-bond acceptors (Lipinski definition) is 3. The van der Waals surface area contributed by atoms with Crippen molar-refractivity contribution in [3.8, 4) is 0 Å². The molecule has 1 heterocycles. The van der Waals surface area contributed by atoms with Crippen LogP contribution in [0, 0.1) is 0 Å². The fraction of sp³-hybridized carbons (Fsp3) is 0.467. The smallest absolute Gasteiger partial charge is 0.331 e. The summed E-state index contributed by atoms with van der Waals surface area (Å²) in [6, 6.07) is 6.42. The van der Waals surface area contributed by atoms with Crippen LogP contribution >= 0.6 is 0 Å². The molecule has 108 valence electrons. The van der Waals surface area contributed by atoms with Crippen molar-refractivity contribution in [2.75, 3.05) is 6.54 Å². The molecule has 1 aromatic carbocycles. The Morgan fingerprint density at radius 3 is 2.70 bits per heavy atom. The van der Waals surface area contributed by atoms with Gasteiger partial charge in [-0.05, 0) is 30.9 Å². The molecule has 0 saturated heterocycles. The molecule has 2 atom stereocenters. The first-order valence-electron chi connectivity index (χ1n) is 6.79. The normalized spacial score (nSPS) is 20.9. The van der Waals surface area contributed by atoms with Crippen LogP contribution in [-0.4, -0.2) is 34.0 Å². The van der Waals surface area contributed by atoms with E-state index in [1.165, 1.54) is 4.90 Å². The van der Waals surface area contributed by atoms with Crippen molar-refractivity contribution in [3.05, 3.63) is 35.4 Å². The number of hydrogen-bond donors (Lipinski definition) is 2. The van der Waals surface area contributed by atoms with Crippen LogP contribution in [0.2, 0.25) is 0 Å². The summed E-state index contributed by atoms with van der Waals surface area (Å²) < 4.78 is 0. The van der Waals surface area contributed by atoms with Gasteiger partial charge in [0.1, 0.15) is 0 Å². The molecule has 2 unspecified atom stereocenters. The zero-order chi connectivity index (χ0) is 14.9. The van der Waals surface area contributed by atoms with E-state index >= 15 is 0 Å². The van der Waals surface area contributed by atoms with Crippen molar-refractivity contribution >= 4 is 11.9 Å². The number of benzene rings is 1. The molecule has 1 aliphatic rings. The van der Waals surface area contributed by atoms with E-state index in [2.05, 4.69) is 0 Å². The SMILES string of the molecule is CCC(C)(N)C(=O)N1CCc2ccccc2C1C(=O)O. The van der Waals surface area contributed by atoms with Gasteiger partial charge in [-0.25, -0.2) is 4.79 Å². The molecule has 0 radical (unpaired) electrons. The van der Waals surface area contributed by atoms with E-state index in [9.17, 15) is 14.7 Å². The number of carbonyl (C=O) groups is 2. The van der Waals surface area contributed by atoms with Crippen molar-refractivity contribution in [1.29, 1.82) is 0 Å². The molecule has 0 aliphatic carbocycles. The van der Waals surface area contributed by atoms with Crippen LogP contribution in [0.15, 0.2) is 24.3 Å². The Morgan fingerprint density at radius 2 is 2.10 bits per heavy atom. The summed E-state index contributed by atoms with van der Waals surface area (Å²) in [7, 11) is 0. The second-order valence-corrected chi connectivity index (χ2v) is 5.46. The Labute approximate surface area is 118 Å². The molecule has 5 heteroatoms. The minimum Gasteiger partial charge on any atom is -0.479 e. The molecule has 1 aromatic rings. The maximum Gasteiger partial charge on any atom is 0.331 e. The van der Waals surface area contributed by atoms with Crippen LogP contribution < -0.4 is 5.73 Å². The molecule has 0 spiro atoms. The molecule has 5 nitrogen and oxygen atoms in total. The summed E-state index contributed by atoms with van der Waals surface area (Å²) in [5.41, 5.74) is 6.63. The molecule has 2 rings (SSSR count). The van der Waals surface area contributed by atoms with E-state index in [1.807, 2.05) is 19.1 Å². The summed E-state index contributed by atoms with van der Waals surface area (Å²) in [5, 5.41) is 9.51. The van der Waals surface area contributed by atoms with E-state index in [-0.39, 0.29) is 5.91 Å². The number of fused-ring (bicyclic) bond motifs is 1. The topological polar surface area (TPSA) is 83.6 Å². The summed E-state index contributed by atoms with van der Waals surface area (Å²) in [5.74, 6) is -1.32. The molecule has 3 N–H and O–H groups in total. The highest BCUT2D eigenvalue weighted by molar-refractivity contribution is 5.90. The molecular formula is C15H20N2O3. The van der Waals surface area contributed by atoms with Gasteiger partial charge in [0.05, 0.1) is 5.54 Å². The molecule has 1 amide bonds. The van der Waals surface area contributed by atoms with E-state index in [4.69, 9.17) is 5.73 Å². The Balaban J connectivity index is 2.42. The van der Waals surface area contributed by atoms with Gasteiger partial charge in [0.2, 0.25) is 5.91 Å². The lowest BCUT2D eigenvalue weighted by atomic mass is 9.89. The Morgan fingerprint density at radius 1 is 1.45 bits per heavy atom. The van der Waals surface area contributed by atoms with Gasteiger partial charge in [-0.3, -0.25) is 4.79 Å². The minimum atomic E-state index is -1.03. The zero-order valence-corrected chi connectivity index (χ0v) is 11.8. The number of nitrogens with two attached hydrogens (primary N) is 1. The van der Waals surface area contributed by atoms with Crippen LogP contribution in [0.1, 0.15) is 37.4 Å². The highest BCUT2D eigenvalue weighted by atomic mass is 16.4. The number of nitrogens with zero attached hydrogens (tertiary/aromatic N) is 1. The van der Waals surface area contributed by atoms with Gasteiger partial charge in [-0.2, -0.15) is 0 Å². The number of carboxylic acids is 1. The Bertz CT molecular complexity index is 540. The van der Waals surface area contributed by atoms with Crippen LogP contribution in [0.5, 0.6) is 0 Å². The highest BCUT2D eigenvalue weighted by Crippen LogP contribution is 2.31. The largest absolute Gasteiger partial charge is 0.479 e. The van der Waals surface area contributed by atoms with E-state index in [0.717, 1.165) is 5.56 Å². The van der Waals surface area contributed by atoms with Gasteiger partial charge < -0.3 is 15.7 Å². The third kappa shape index (κ3) is 2.41. The first kappa shape index (κ1) is 14.5. The van der Waals surface area contributed by atoms with Crippen molar-refractivity contribution in [2.45, 2.75) is 38.3 Å². The molecular weight excluding hydrogens is 256 g/mol. The molecule has 0 fully saturated rings. The molecule has 0 bridgehead atoms. The van der Waals surface area contributed by atoms with Crippen molar-refractivity contribution in [2.24, 2.45) is 5.73 Å². The lowest BCUT2D eigenvalue weighted by molar-refractivity contribution is -0.153. The Hall–Kier alpha value is -1.88. The molecule has 0 aromatic heterocycles. The lowest BCUT2D eigenvalue weighted by Gasteiger charge is -2.38. The third-order valence-corrected chi connectivity index (χ3v) is 4.00. The van der Waals surface area contributed by atoms with Crippen LogP contribution in [0.4, 0.5) is 0 Å². The Kier molecular flexibility index (Phi) is 3.81. The predicted molar refractivity (Wildman–Crippen MR) is 75.1 cm³/mol. The average molecular weight is 276 g/mol. The van der Waals surface area contributed by atoms with Crippen LogP contribution in [0.25, 0.3) is 0 Å². The summed E-state index contributed by atoms with van der Waals surface area (Å²) in [6.45, 7) is 3.86. The van der Waals surface area contributed by atoms with Crippen LogP contribution in [-0.2, 0) is 16.0 Å². The monoisotopic (exact) mass is 276 g/mol. The summed E-state index contributed by atoms with van der Waals surface area (Å²) in [6.07, 6.45) is 1.13. The average Bonchev–Trinajstić information content (AvgIpc) is 2.44. The lowest BCUT2D eigenvalue weighted by Crippen LogP contribution is -2.56. The standard InChI is InChI=1S/C15H20N2O3/c1-3-15(2,16)14(20)17-9-8-10-6-4-5-7-11(10)12(17)13(18)19/h4-7,12H,3,8-9,16H2,1-2H3,(H,18,19). The fourth-order valence-corrected chi connectivity index (χ4v) is 2.53. The third-order valence-electron chi connectivity index (χ3n) is 4.00. The van der Waals surface area contributed by atoms with Crippen molar-refractivity contribution in [1.82, 2.24) is 4.90 Å². The second-order valence-electron chi connectivity index (χ2n) is 5.46. The van der Waals surface area contributed by atoms with Gasteiger partial charge in [-0.15, -0.1) is 0 Å². The van der Waals surface area contributed by atoms with Gasteiger partial charge in [0.25, 0.3) is 0 Å². The first-order chi connectivity index (χ1) is 9.38. The predicted octanol–water partition coefficient (Wildman–Crippen LogP) is 1.32. The molecule has 1 aliphatic heterocycles. The zero-order valence-electron chi connectivity index (χ0n) is 11.8. The number of amides is 1. The number of carboxylic acid groups (broad SMARTS) is 1. The minimum absolute atomic E-state index is 0.304. The quantitative estimate of drug-likeness (QED) is 0.872. The maximum atomic E-state index is 12.5.